The Bertz CT molecular complexity index is 1370. The molecular formula is C24H20FN5OS. The molecular weight excluding hydrogens is 425 g/mol. The second-order valence-corrected chi connectivity index (χ2v) is 8.17. The highest BCUT2D eigenvalue weighted by Crippen LogP contribution is 2.26. The van der Waals surface area contributed by atoms with Crippen molar-refractivity contribution in [1.82, 2.24) is 24.1 Å². The van der Waals surface area contributed by atoms with Gasteiger partial charge in [-0.25, -0.2) is 9.37 Å². The van der Waals surface area contributed by atoms with Crippen LogP contribution in [0.5, 0.6) is 5.75 Å². The summed E-state index contributed by atoms with van der Waals surface area (Å²) in [6.07, 6.45) is 4.02. The van der Waals surface area contributed by atoms with Crippen molar-refractivity contribution in [1.29, 1.82) is 0 Å². The van der Waals surface area contributed by atoms with Crippen LogP contribution in [0.4, 0.5) is 4.39 Å². The summed E-state index contributed by atoms with van der Waals surface area (Å²) in [6, 6.07) is 20.2. The lowest BCUT2D eigenvalue weighted by Crippen LogP contribution is -2.07. The largest absolute Gasteiger partial charge is 0.483 e. The zero-order valence-electron chi connectivity index (χ0n) is 17.4. The quantitative estimate of drug-likeness (QED) is 0.321. The molecule has 0 N–H and O–H groups in total. The summed E-state index contributed by atoms with van der Waals surface area (Å²) < 4.78 is 23.6. The third kappa shape index (κ3) is 4.09. The first-order valence-corrected chi connectivity index (χ1v) is 11.1. The van der Waals surface area contributed by atoms with Crippen LogP contribution in [0.1, 0.15) is 17.1 Å². The van der Waals surface area contributed by atoms with E-state index in [0.717, 1.165) is 27.7 Å². The van der Waals surface area contributed by atoms with Crippen LogP contribution in [-0.4, -0.2) is 24.1 Å². The molecule has 3 aromatic heterocycles. The molecule has 160 valence electrons. The molecule has 5 rings (SSSR count). The second-order valence-electron chi connectivity index (χ2n) is 7.23. The Kier molecular flexibility index (Phi) is 5.60. The van der Waals surface area contributed by atoms with Crippen LogP contribution < -0.4 is 4.74 Å². The number of rotatable bonds is 7. The van der Waals surface area contributed by atoms with Crippen molar-refractivity contribution in [2.45, 2.75) is 24.4 Å². The van der Waals surface area contributed by atoms with Crippen molar-refractivity contribution in [2.24, 2.45) is 0 Å². The second kappa shape index (κ2) is 8.84. The molecule has 0 saturated heterocycles. The maximum Gasteiger partial charge on any atom is 0.196 e. The van der Waals surface area contributed by atoms with E-state index in [-0.39, 0.29) is 12.4 Å². The Morgan fingerprint density at radius 1 is 0.969 bits per heavy atom. The van der Waals surface area contributed by atoms with Crippen LogP contribution in [0.2, 0.25) is 0 Å². The van der Waals surface area contributed by atoms with Gasteiger partial charge in [-0.2, -0.15) is 0 Å². The zero-order valence-corrected chi connectivity index (χ0v) is 18.2. The van der Waals surface area contributed by atoms with Gasteiger partial charge < -0.3 is 9.14 Å². The first kappa shape index (κ1) is 20.3. The molecule has 0 aliphatic carbocycles. The Morgan fingerprint density at radius 2 is 1.78 bits per heavy atom. The molecule has 3 heterocycles. The van der Waals surface area contributed by atoms with Gasteiger partial charge in [0.1, 0.15) is 12.3 Å². The van der Waals surface area contributed by atoms with Gasteiger partial charge in [0.2, 0.25) is 0 Å². The molecule has 0 aliphatic heterocycles. The zero-order chi connectivity index (χ0) is 21.9. The summed E-state index contributed by atoms with van der Waals surface area (Å²) in [6.45, 7) is 2.14. The number of benzene rings is 2. The van der Waals surface area contributed by atoms with Crippen LogP contribution in [0, 0.1) is 12.7 Å². The minimum atomic E-state index is -0.407. The van der Waals surface area contributed by atoms with Crippen molar-refractivity contribution < 1.29 is 9.13 Å². The Morgan fingerprint density at radius 3 is 2.59 bits per heavy atom. The summed E-state index contributed by atoms with van der Waals surface area (Å²) in [5.74, 6) is 1.01. The summed E-state index contributed by atoms with van der Waals surface area (Å²) in [5, 5.41) is 9.43. The molecule has 0 amide bonds. The van der Waals surface area contributed by atoms with E-state index in [1.807, 2.05) is 70.7 Å². The Hall–Kier alpha value is -3.65. The summed E-state index contributed by atoms with van der Waals surface area (Å²) in [7, 11) is 0. The van der Waals surface area contributed by atoms with Crippen LogP contribution >= 0.6 is 11.8 Å². The monoisotopic (exact) mass is 445 g/mol. The smallest absolute Gasteiger partial charge is 0.196 e. The molecule has 0 bridgehead atoms. The number of hydrogen-bond donors (Lipinski definition) is 0. The van der Waals surface area contributed by atoms with Gasteiger partial charge in [-0.05, 0) is 42.8 Å². The van der Waals surface area contributed by atoms with Gasteiger partial charge in [-0.3, -0.25) is 4.57 Å². The predicted molar refractivity (Wildman–Crippen MR) is 122 cm³/mol. The molecule has 8 heteroatoms. The number of ether oxygens (including phenoxy) is 1. The van der Waals surface area contributed by atoms with Crippen molar-refractivity contribution in [3.8, 4) is 11.4 Å². The van der Waals surface area contributed by atoms with Gasteiger partial charge in [0.15, 0.2) is 22.5 Å². The van der Waals surface area contributed by atoms with E-state index in [2.05, 4.69) is 10.2 Å². The van der Waals surface area contributed by atoms with Gasteiger partial charge in [0.05, 0.1) is 5.69 Å². The van der Waals surface area contributed by atoms with Crippen LogP contribution in [0.3, 0.4) is 0 Å². The highest BCUT2D eigenvalue weighted by molar-refractivity contribution is 7.98. The van der Waals surface area contributed by atoms with Crippen LogP contribution in [0.25, 0.3) is 11.3 Å². The normalized spacial score (nSPS) is 11.2. The number of nitrogens with zero attached hydrogens (tertiary/aromatic N) is 5. The van der Waals surface area contributed by atoms with E-state index in [1.165, 1.54) is 6.07 Å². The molecule has 0 atom stereocenters. The number of para-hydroxylation sites is 2. The summed E-state index contributed by atoms with van der Waals surface area (Å²) in [4.78, 5) is 4.74. The van der Waals surface area contributed by atoms with Crippen LogP contribution in [0.15, 0.2) is 84.3 Å². The predicted octanol–water partition coefficient (Wildman–Crippen LogP) is 5.23. The highest BCUT2D eigenvalue weighted by Gasteiger charge is 2.16. The number of halogens is 1. The third-order valence-corrected chi connectivity index (χ3v) is 5.95. The number of thioether (sulfide) groups is 1. The average Bonchev–Trinajstić information content (AvgIpc) is 3.42. The van der Waals surface area contributed by atoms with E-state index in [1.54, 1.807) is 30.0 Å². The lowest BCUT2D eigenvalue weighted by atomic mass is 10.3. The minimum Gasteiger partial charge on any atom is -0.483 e. The molecule has 0 saturated carbocycles. The average molecular weight is 446 g/mol. The lowest BCUT2D eigenvalue weighted by Gasteiger charge is -2.11. The molecule has 32 heavy (non-hydrogen) atoms. The molecule has 0 spiro atoms. The van der Waals surface area contributed by atoms with Gasteiger partial charge in [-0.1, -0.05) is 48.2 Å². The van der Waals surface area contributed by atoms with E-state index in [0.29, 0.717) is 11.6 Å². The van der Waals surface area contributed by atoms with E-state index >= 15 is 0 Å². The number of imidazole rings is 1. The molecule has 5 aromatic rings. The summed E-state index contributed by atoms with van der Waals surface area (Å²) in [5.41, 5.74) is 3.95. The van der Waals surface area contributed by atoms with Gasteiger partial charge in [0, 0.05) is 23.8 Å². The molecule has 0 unspecified atom stereocenters. The van der Waals surface area contributed by atoms with Crippen molar-refractivity contribution in [2.75, 3.05) is 0 Å². The number of pyridine rings is 1. The number of aromatic nitrogens is 5. The van der Waals surface area contributed by atoms with Crippen molar-refractivity contribution in [3.63, 3.8) is 0 Å². The van der Waals surface area contributed by atoms with Crippen molar-refractivity contribution in [3.05, 3.63) is 102 Å². The Labute approximate surface area is 188 Å². The van der Waals surface area contributed by atoms with Crippen LogP contribution in [-0.2, 0) is 12.4 Å². The first-order chi connectivity index (χ1) is 15.7. The minimum absolute atomic E-state index is 0.0942. The summed E-state index contributed by atoms with van der Waals surface area (Å²) >= 11 is 1.55. The van der Waals surface area contributed by atoms with E-state index in [9.17, 15) is 4.39 Å². The molecule has 6 nitrogen and oxygen atoms in total. The van der Waals surface area contributed by atoms with Gasteiger partial charge in [-0.15, -0.1) is 10.2 Å². The van der Waals surface area contributed by atoms with Gasteiger partial charge in [0.25, 0.3) is 0 Å². The fraction of sp³-hybridized carbons (Fsp3) is 0.125. The third-order valence-electron chi connectivity index (χ3n) is 4.99. The molecule has 0 aliphatic rings. The maximum atomic E-state index is 14.0. The SMILES string of the molecule is Cc1cccn2cc(CSc3nnc(COc4ccccc4F)n3-c3ccccc3)nc12. The number of hydrogen-bond acceptors (Lipinski definition) is 5. The number of fused-ring (bicyclic) bond motifs is 1. The maximum absolute atomic E-state index is 14.0. The molecule has 0 fully saturated rings. The topological polar surface area (TPSA) is 57.2 Å². The van der Waals surface area contributed by atoms with E-state index < -0.39 is 5.82 Å². The first-order valence-electron chi connectivity index (χ1n) is 10.1. The standard InChI is InChI=1S/C24H20FN5OS/c1-17-8-7-13-29-14-18(26-23(17)29)16-32-24-28-27-22(30(24)19-9-3-2-4-10-19)15-31-21-12-6-5-11-20(21)25/h2-14H,15-16H2,1H3. The molecule has 0 radical (unpaired) electrons. The van der Waals surface area contributed by atoms with E-state index in [4.69, 9.17) is 9.72 Å². The lowest BCUT2D eigenvalue weighted by molar-refractivity contribution is 0.278. The fourth-order valence-electron chi connectivity index (χ4n) is 3.44. The molecule has 2 aromatic carbocycles. The fourth-order valence-corrected chi connectivity index (χ4v) is 4.29. The van der Waals surface area contributed by atoms with Gasteiger partial charge >= 0.3 is 0 Å². The Balaban J connectivity index is 1.41. The highest BCUT2D eigenvalue weighted by atomic mass is 32.2. The number of aryl methyl sites for hydroxylation is 1. The van der Waals surface area contributed by atoms with Crippen molar-refractivity contribution >= 4 is 17.4 Å².